The van der Waals surface area contributed by atoms with Crippen molar-refractivity contribution < 1.29 is 9.90 Å². The summed E-state index contributed by atoms with van der Waals surface area (Å²) in [5.74, 6) is -0.861. The van der Waals surface area contributed by atoms with Crippen molar-refractivity contribution in [3.05, 3.63) is 18.1 Å². The molecule has 63 valence electrons. The van der Waals surface area contributed by atoms with E-state index in [-0.39, 0.29) is 0 Å². The Morgan fingerprint density at radius 1 is 1.55 bits per heavy atom. The van der Waals surface area contributed by atoms with Gasteiger partial charge in [0.15, 0.2) is 0 Å². The number of carboxylic acid groups (broad SMARTS) is 1. The van der Waals surface area contributed by atoms with Crippen molar-refractivity contribution in [1.82, 2.24) is 4.90 Å². The van der Waals surface area contributed by atoms with E-state index in [9.17, 15) is 4.79 Å². The van der Waals surface area contributed by atoms with Crippen LogP contribution in [-0.2, 0) is 4.79 Å². The Hall–Kier alpha value is -0.830. The van der Waals surface area contributed by atoms with Gasteiger partial charge in [-0.25, -0.2) is 4.79 Å². The van der Waals surface area contributed by atoms with E-state index in [0.29, 0.717) is 5.57 Å². The highest BCUT2D eigenvalue weighted by Gasteiger charge is 1.97. The second-order valence-electron chi connectivity index (χ2n) is 2.65. The smallest absolute Gasteiger partial charge is 0.330 e. The molecule has 0 unspecified atom stereocenters. The maximum absolute atomic E-state index is 10.3. The van der Waals surface area contributed by atoms with Gasteiger partial charge in [0, 0.05) is 12.1 Å². The molecular weight excluding hydrogens is 142 g/mol. The molecule has 0 fully saturated rings. The maximum atomic E-state index is 10.3. The van der Waals surface area contributed by atoms with Crippen LogP contribution in [0.1, 0.15) is 6.92 Å². The standard InChI is InChI=1S/C8H14NO2/c1-7(8(10)11)5-4-6-9(2)3/h4-5H,6H2,1-3H3,(H,10,11). The van der Waals surface area contributed by atoms with Gasteiger partial charge in [0.25, 0.3) is 0 Å². The van der Waals surface area contributed by atoms with E-state index in [0.717, 1.165) is 6.54 Å². The van der Waals surface area contributed by atoms with Gasteiger partial charge >= 0.3 is 5.97 Å². The summed E-state index contributed by atoms with van der Waals surface area (Å²) in [5, 5.41) is 8.45. The fraction of sp³-hybridized carbons (Fsp3) is 0.500. The number of aliphatic carboxylic acids is 1. The van der Waals surface area contributed by atoms with Crippen molar-refractivity contribution in [1.29, 1.82) is 0 Å². The van der Waals surface area contributed by atoms with E-state index in [2.05, 4.69) is 0 Å². The molecule has 0 aromatic carbocycles. The second-order valence-corrected chi connectivity index (χ2v) is 2.65. The molecule has 11 heavy (non-hydrogen) atoms. The van der Waals surface area contributed by atoms with Crippen molar-refractivity contribution in [3.8, 4) is 0 Å². The SMILES string of the molecule is CC(=C[CH]CN(C)C)C(=O)O. The molecule has 0 bridgehead atoms. The van der Waals surface area contributed by atoms with Crippen LogP contribution < -0.4 is 0 Å². The summed E-state index contributed by atoms with van der Waals surface area (Å²) < 4.78 is 0. The van der Waals surface area contributed by atoms with Crippen LogP contribution >= 0.6 is 0 Å². The van der Waals surface area contributed by atoms with Crippen LogP contribution in [0.2, 0.25) is 0 Å². The summed E-state index contributed by atoms with van der Waals surface area (Å²) in [4.78, 5) is 12.2. The first-order chi connectivity index (χ1) is 5.04. The van der Waals surface area contributed by atoms with Gasteiger partial charge in [0.2, 0.25) is 0 Å². The second kappa shape index (κ2) is 4.91. The average Bonchev–Trinajstić information content (AvgIpc) is 1.86. The summed E-state index contributed by atoms with van der Waals surface area (Å²) in [6, 6.07) is 0. The molecule has 0 heterocycles. The summed E-state index contributed by atoms with van der Waals surface area (Å²) >= 11 is 0. The maximum Gasteiger partial charge on any atom is 0.330 e. The molecule has 0 aliphatic rings. The molecule has 1 radical (unpaired) electrons. The number of hydrogen-bond acceptors (Lipinski definition) is 2. The zero-order chi connectivity index (χ0) is 8.85. The zero-order valence-electron chi connectivity index (χ0n) is 7.16. The van der Waals surface area contributed by atoms with E-state index in [1.54, 1.807) is 13.0 Å². The van der Waals surface area contributed by atoms with Crippen LogP contribution in [0.25, 0.3) is 0 Å². The van der Waals surface area contributed by atoms with Crippen molar-refractivity contribution >= 4 is 5.97 Å². The van der Waals surface area contributed by atoms with Crippen molar-refractivity contribution in [2.75, 3.05) is 20.6 Å². The molecule has 0 aromatic rings. The normalized spacial score (nSPS) is 12.2. The monoisotopic (exact) mass is 156 g/mol. The molecule has 0 aliphatic heterocycles. The first-order valence-electron chi connectivity index (χ1n) is 3.42. The minimum atomic E-state index is -0.861. The predicted octanol–water partition coefficient (Wildman–Crippen LogP) is 0.783. The van der Waals surface area contributed by atoms with E-state index in [4.69, 9.17) is 5.11 Å². The summed E-state index contributed by atoms with van der Waals surface area (Å²) in [7, 11) is 3.86. The summed E-state index contributed by atoms with van der Waals surface area (Å²) in [6.07, 6.45) is 3.44. The quantitative estimate of drug-likeness (QED) is 0.611. The molecule has 3 heteroatoms. The van der Waals surface area contributed by atoms with Crippen LogP contribution in [0.5, 0.6) is 0 Å². The Labute approximate surface area is 67.3 Å². The number of nitrogens with zero attached hydrogens (tertiary/aromatic N) is 1. The van der Waals surface area contributed by atoms with E-state index in [1.165, 1.54) is 0 Å². The average molecular weight is 156 g/mol. The van der Waals surface area contributed by atoms with Gasteiger partial charge in [-0.1, -0.05) is 6.08 Å². The lowest BCUT2D eigenvalue weighted by Crippen LogP contribution is -2.12. The first-order valence-corrected chi connectivity index (χ1v) is 3.42. The fourth-order valence-electron chi connectivity index (χ4n) is 0.512. The highest BCUT2D eigenvalue weighted by atomic mass is 16.4. The van der Waals surface area contributed by atoms with Gasteiger partial charge in [-0.2, -0.15) is 0 Å². The topological polar surface area (TPSA) is 40.5 Å². The Kier molecular flexibility index (Phi) is 4.54. The van der Waals surface area contributed by atoms with Gasteiger partial charge in [-0.3, -0.25) is 0 Å². The van der Waals surface area contributed by atoms with Crippen LogP contribution in [-0.4, -0.2) is 36.6 Å². The van der Waals surface area contributed by atoms with Crippen LogP contribution in [0.15, 0.2) is 11.6 Å². The number of carboxylic acids is 1. The molecule has 0 atom stereocenters. The summed E-state index contributed by atoms with van der Waals surface area (Å²) in [5.41, 5.74) is 0.367. The Bertz CT molecular complexity index is 161. The van der Waals surface area contributed by atoms with Gasteiger partial charge in [0.05, 0.1) is 0 Å². The zero-order valence-corrected chi connectivity index (χ0v) is 7.16. The molecule has 0 saturated carbocycles. The van der Waals surface area contributed by atoms with E-state index >= 15 is 0 Å². The molecule has 0 saturated heterocycles. The lowest BCUT2D eigenvalue weighted by Gasteiger charge is -2.05. The first kappa shape index (κ1) is 10.2. The molecule has 0 rings (SSSR count). The lowest BCUT2D eigenvalue weighted by atomic mass is 10.2. The largest absolute Gasteiger partial charge is 0.478 e. The van der Waals surface area contributed by atoms with E-state index in [1.807, 2.05) is 25.4 Å². The number of rotatable bonds is 4. The molecule has 1 N–H and O–H groups in total. The minimum absolute atomic E-state index is 0.367. The van der Waals surface area contributed by atoms with Gasteiger partial charge in [-0.15, -0.1) is 0 Å². The molecule has 0 aromatic heterocycles. The number of hydrogen-bond donors (Lipinski definition) is 1. The van der Waals surface area contributed by atoms with Crippen molar-refractivity contribution in [2.45, 2.75) is 6.92 Å². The van der Waals surface area contributed by atoms with Crippen LogP contribution in [0.3, 0.4) is 0 Å². The van der Waals surface area contributed by atoms with E-state index < -0.39 is 5.97 Å². The van der Waals surface area contributed by atoms with Crippen molar-refractivity contribution in [2.24, 2.45) is 0 Å². The molecular formula is C8H14NO2. The predicted molar refractivity (Wildman–Crippen MR) is 44.2 cm³/mol. The van der Waals surface area contributed by atoms with Gasteiger partial charge in [0.1, 0.15) is 0 Å². The van der Waals surface area contributed by atoms with Gasteiger partial charge < -0.3 is 10.0 Å². The molecule has 0 spiro atoms. The Morgan fingerprint density at radius 3 is 2.45 bits per heavy atom. The fourth-order valence-corrected chi connectivity index (χ4v) is 0.512. The Balaban J connectivity index is 3.65. The third-order valence-electron chi connectivity index (χ3n) is 1.18. The van der Waals surface area contributed by atoms with Crippen molar-refractivity contribution in [3.63, 3.8) is 0 Å². The number of carbonyl (C=O) groups is 1. The minimum Gasteiger partial charge on any atom is -0.478 e. The van der Waals surface area contributed by atoms with Gasteiger partial charge in [-0.05, 0) is 27.4 Å². The third kappa shape index (κ3) is 5.61. The molecule has 0 amide bonds. The highest BCUT2D eigenvalue weighted by Crippen LogP contribution is 1.94. The molecule has 3 nitrogen and oxygen atoms in total. The molecule has 0 aliphatic carbocycles. The third-order valence-corrected chi connectivity index (χ3v) is 1.18. The van der Waals surface area contributed by atoms with Crippen LogP contribution in [0, 0.1) is 6.42 Å². The lowest BCUT2D eigenvalue weighted by molar-refractivity contribution is -0.132. The highest BCUT2D eigenvalue weighted by molar-refractivity contribution is 5.85. The summed E-state index contributed by atoms with van der Waals surface area (Å²) in [6.45, 7) is 2.35. The Morgan fingerprint density at radius 2 is 2.09 bits per heavy atom. The van der Waals surface area contributed by atoms with Crippen LogP contribution in [0.4, 0.5) is 0 Å².